The molecule has 0 aliphatic rings. The van der Waals surface area contributed by atoms with Crippen molar-refractivity contribution in [1.82, 2.24) is 9.38 Å². The maximum absolute atomic E-state index is 10.1. The van der Waals surface area contributed by atoms with Crippen LogP contribution in [-0.4, -0.2) is 21.1 Å². The number of hydrogen-bond acceptors (Lipinski definition) is 3. The van der Waals surface area contributed by atoms with Gasteiger partial charge in [-0.05, 0) is 49.7 Å². The molecule has 3 rings (SSSR count). The van der Waals surface area contributed by atoms with Crippen LogP contribution >= 0.6 is 0 Å². The number of aliphatic hydroxyl groups excluding tert-OH is 1. The van der Waals surface area contributed by atoms with Gasteiger partial charge in [0.2, 0.25) is 0 Å². The Morgan fingerprint density at radius 2 is 1.95 bits per heavy atom. The van der Waals surface area contributed by atoms with Crippen LogP contribution in [0.4, 0.5) is 0 Å². The molecule has 1 atom stereocenters. The summed E-state index contributed by atoms with van der Waals surface area (Å²) in [6, 6.07) is 13.7. The van der Waals surface area contributed by atoms with Crippen LogP contribution in [0.1, 0.15) is 32.1 Å². The molecular formula is C18H20N2O2. The molecule has 0 amide bonds. The van der Waals surface area contributed by atoms with Crippen LogP contribution in [0, 0.1) is 0 Å². The zero-order chi connectivity index (χ0) is 15.5. The molecular weight excluding hydrogens is 276 g/mol. The van der Waals surface area contributed by atoms with Crippen LogP contribution in [0.15, 0.2) is 48.7 Å². The van der Waals surface area contributed by atoms with Gasteiger partial charge in [-0.25, -0.2) is 4.98 Å². The summed E-state index contributed by atoms with van der Waals surface area (Å²) in [5, 5.41) is 10.1. The molecule has 0 aliphatic carbocycles. The molecule has 4 nitrogen and oxygen atoms in total. The average molecular weight is 296 g/mol. The van der Waals surface area contributed by atoms with Gasteiger partial charge in [-0.1, -0.05) is 13.0 Å². The third-order valence-electron chi connectivity index (χ3n) is 3.56. The molecule has 0 radical (unpaired) electrons. The lowest BCUT2D eigenvalue weighted by atomic mass is 10.1. The number of hydrogen-bond donors (Lipinski definition) is 1. The molecule has 1 aromatic carbocycles. The molecule has 0 saturated heterocycles. The van der Waals surface area contributed by atoms with Gasteiger partial charge in [-0.15, -0.1) is 0 Å². The molecule has 0 bridgehead atoms. The maximum atomic E-state index is 10.1. The Labute approximate surface area is 130 Å². The van der Waals surface area contributed by atoms with Gasteiger partial charge >= 0.3 is 0 Å². The van der Waals surface area contributed by atoms with E-state index in [1.165, 1.54) is 0 Å². The van der Waals surface area contributed by atoms with E-state index < -0.39 is 6.10 Å². The third-order valence-corrected chi connectivity index (χ3v) is 3.56. The molecule has 2 aromatic heterocycles. The molecule has 22 heavy (non-hydrogen) atoms. The normalized spacial score (nSPS) is 12.5. The van der Waals surface area contributed by atoms with Gasteiger partial charge < -0.3 is 14.2 Å². The smallest absolute Gasteiger partial charge is 0.137 e. The highest BCUT2D eigenvalue weighted by molar-refractivity contribution is 5.67. The SMILES string of the molecule is CCCOc1ccc(-c2nc3ccccn3c2C(C)O)cc1. The van der Waals surface area contributed by atoms with Crippen molar-refractivity contribution in [3.63, 3.8) is 0 Å². The number of rotatable bonds is 5. The molecule has 0 saturated carbocycles. The van der Waals surface area contributed by atoms with Crippen molar-refractivity contribution in [2.75, 3.05) is 6.61 Å². The van der Waals surface area contributed by atoms with Gasteiger partial charge in [0.25, 0.3) is 0 Å². The van der Waals surface area contributed by atoms with Gasteiger partial charge in [-0.2, -0.15) is 0 Å². The first-order valence-electron chi connectivity index (χ1n) is 7.59. The van der Waals surface area contributed by atoms with Crippen LogP contribution in [-0.2, 0) is 0 Å². The number of benzene rings is 1. The summed E-state index contributed by atoms with van der Waals surface area (Å²) in [5.74, 6) is 0.855. The van der Waals surface area contributed by atoms with Crippen molar-refractivity contribution in [2.45, 2.75) is 26.4 Å². The van der Waals surface area contributed by atoms with Crippen LogP contribution in [0.5, 0.6) is 5.75 Å². The average Bonchev–Trinajstić information content (AvgIpc) is 2.93. The standard InChI is InChI=1S/C18H20N2O2/c1-3-12-22-15-9-7-14(8-10-15)17-18(13(2)21)20-11-5-4-6-16(20)19-17/h4-11,13,21H,3,12H2,1-2H3. The Balaban J connectivity index is 2.04. The van der Waals surface area contributed by atoms with Crippen molar-refractivity contribution in [2.24, 2.45) is 0 Å². The lowest BCUT2D eigenvalue weighted by Gasteiger charge is -2.09. The van der Waals surface area contributed by atoms with Gasteiger partial charge in [0, 0.05) is 11.8 Å². The molecule has 114 valence electrons. The first-order chi connectivity index (χ1) is 10.7. The van der Waals surface area contributed by atoms with Crippen molar-refractivity contribution in [3.05, 3.63) is 54.4 Å². The first kappa shape index (κ1) is 14.6. The van der Waals surface area contributed by atoms with Crippen molar-refractivity contribution in [1.29, 1.82) is 0 Å². The fourth-order valence-electron chi connectivity index (χ4n) is 2.56. The van der Waals surface area contributed by atoms with Crippen molar-refractivity contribution < 1.29 is 9.84 Å². The fraction of sp³-hybridized carbons (Fsp3) is 0.278. The number of imidazole rings is 1. The minimum absolute atomic E-state index is 0.594. The number of nitrogens with zero attached hydrogens (tertiary/aromatic N) is 2. The molecule has 1 N–H and O–H groups in total. The monoisotopic (exact) mass is 296 g/mol. The number of fused-ring (bicyclic) bond motifs is 1. The predicted molar refractivity (Wildman–Crippen MR) is 87.0 cm³/mol. The van der Waals surface area contributed by atoms with Crippen molar-refractivity contribution in [3.8, 4) is 17.0 Å². The summed E-state index contributed by atoms with van der Waals surface area (Å²) in [6.45, 7) is 4.56. The molecule has 2 heterocycles. The van der Waals surface area contributed by atoms with E-state index in [4.69, 9.17) is 4.74 Å². The van der Waals surface area contributed by atoms with E-state index in [9.17, 15) is 5.11 Å². The predicted octanol–water partition coefficient (Wildman–Crippen LogP) is 3.84. The minimum atomic E-state index is -0.594. The third kappa shape index (κ3) is 2.70. The van der Waals surface area contributed by atoms with Gasteiger partial charge in [-0.3, -0.25) is 0 Å². The Morgan fingerprint density at radius 1 is 1.18 bits per heavy atom. The van der Waals surface area contributed by atoms with Crippen molar-refractivity contribution >= 4 is 5.65 Å². The Hall–Kier alpha value is -2.33. The lowest BCUT2D eigenvalue weighted by molar-refractivity contribution is 0.194. The summed E-state index contributed by atoms with van der Waals surface area (Å²) in [5.41, 5.74) is 3.42. The summed E-state index contributed by atoms with van der Waals surface area (Å²) in [6.07, 6.45) is 2.32. The van der Waals surface area contributed by atoms with Crippen LogP contribution < -0.4 is 4.74 Å². The second kappa shape index (κ2) is 6.20. The zero-order valence-electron chi connectivity index (χ0n) is 12.9. The number of ether oxygens (including phenoxy) is 1. The largest absolute Gasteiger partial charge is 0.494 e. The molecule has 1 unspecified atom stereocenters. The van der Waals surface area contributed by atoms with Crippen LogP contribution in [0.3, 0.4) is 0 Å². The summed E-state index contributed by atoms with van der Waals surface area (Å²) >= 11 is 0. The van der Waals surface area contributed by atoms with Gasteiger partial charge in [0.15, 0.2) is 0 Å². The summed E-state index contributed by atoms with van der Waals surface area (Å²) < 4.78 is 7.54. The molecule has 0 aliphatic heterocycles. The number of aromatic nitrogens is 2. The number of pyridine rings is 1. The van der Waals surface area contributed by atoms with E-state index in [0.717, 1.165) is 34.8 Å². The van der Waals surface area contributed by atoms with E-state index in [1.807, 2.05) is 53.1 Å². The molecule has 4 heteroatoms. The maximum Gasteiger partial charge on any atom is 0.137 e. The summed E-state index contributed by atoms with van der Waals surface area (Å²) in [4.78, 5) is 4.66. The highest BCUT2D eigenvalue weighted by Gasteiger charge is 2.17. The van der Waals surface area contributed by atoms with E-state index >= 15 is 0 Å². The minimum Gasteiger partial charge on any atom is -0.494 e. The Morgan fingerprint density at radius 3 is 2.64 bits per heavy atom. The van der Waals surface area contributed by atoms with Gasteiger partial charge in [0.05, 0.1) is 24.1 Å². The lowest BCUT2D eigenvalue weighted by Crippen LogP contribution is -1.99. The quantitative estimate of drug-likeness (QED) is 0.778. The first-order valence-corrected chi connectivity index (χ1v) is 7.59. The van der Waals surface area contributed by atoms with Crippen LogP contribution in [0.2, 0.25) is 0 Å². The van der Waals surface area contributed by atoms with E-state index in [0.29, 0.717) is 6.61 Å². The fourth-order valence-corrected chi connectivity index (χ4v) is 2.56. The highest BCUT2D eigenvalue weighted by Crippen LogP contribution is 2.30. The number of aliphatic hydroxyl groups is 1. The topological polar surface area (TPSA) is 46.8 Å². The molecule has 3 aromatic rings. The second-order valence-electron chi connectivity index (χ2n) is 5.32. The zero-order valence-corrected chi connectivity index (χ0v) is 12.9. The van der Waals surface area contributed by atoms with E-state index in [-0.39, 0.29) is 0 Å². The van der Waals surface area contributed by atoms with E-state index in [2.05, 4.69) is 11.9 Å². The van der Waals surface area contributed by atoms with E-state index in [1.54, 1.807) is 6.92 Å². The highest BCUT2D eigenvalue weighted by atomic mass is 16.5. The second-order valence-corrected chi connectivity index (χ2v) is 5.32. The Bertz CT molecular complexity index is 760. The van der Waals surface area contributed by atoms with Gasteiger partial charge in [0.1, 0.15) is 11.4 Å². The molecule has 0 fully saturated rings. The Kier molecular flexibility index (Phi) is 4.11. The molecule has 0 spiro atoms. The van der Waals surface area contributed by atoms with Crippen LogP contribution in [0.25, 0.3) is 16.9 Å². The summed E-state index contributed by atoms with van der Waals surface area (Å²) in [7, 11) is 0.